The van der Waals surface area contributed by atoms with Gasteiger partial charge in [-0.1, -0.05) is 48.2 Å². The minimum Gasteiger partial charge on any atom is -0.497 e. The van der Waals surface area contributed by atoms with Crippen LogP contribution in [-0.2, 0) is 4.79 Å². The minimum absolute atomic E-state index is 0.0781. The quantitative estimate of drug-likeness (QED) is 0.395. The molecule has 31 heavy (non-hydrogen) atoms. The fourth-order valence-electron chi connectivity index (χ4n) is 3.43. The van der Waals surface area contributed by atoms with Crippen molar-refractivity contribution in [2.45, 2.75) is 25.0 Å². The van der Waals surface area contributed by atoms with Gasteiger partial charge < -0.3 is 10.1 Å². The Balaban J connectivity index is 1.50. The lowest BCUT2D eigenvalue weighted by Crippen LogP contribution is -2.15. The van der Waals surface area contributed by atoms with E-state index in [4.69, 9.17) is 4.74 Å². The van der Waals surface area contributed by atoms with E-state index in [2.05, 4.69) is 33.9 Å². The monoisotopic (exact) mass is 432 g/mol. The standard InChI is InChI=1S/C24H24N4O2S/c1-16(2)28-23(18-11-13-19(30-3)14-12-18)26-27-24(28)31-15-22(29)25-21-10-6-8-17-7-4-5-9-20(17)21/h4-14,16H,15H2,1-3H3,(H,25,29). The van der Waals surface area contributed by atoms with Gasteiger partial charge in [-0.25, -0.2) is 0 Å². The van der Waals surface area contributed by atoms with E-state index in [1.807, 2.05) is 66.7 Å². The van der Waals surface area contributed by atoms with Crippen LogP contribution in [0, 0.1) is 0 Å². The van der Waals surface area contributed by atoms with Crippen molar-refractivity contribution < 1.29 is 9.53 Å². The lowest BCUT2D eigenvalue weighted by Gasteiger charge is -2.14. The van der Waals surface area contributed by atoms with Crippen LogP contribution in [0.1, 0.15) is 19.9 Å². The van der Waals surface area contributed by atoms with Gasteiger partial charge in [0.2, 0.25) is 5.91 Å². The number of ether oxygens (including phenoxy) is 1. The van der Waals surface area contributed by atoms with Crippen molar-refractivity contribution >= 4 is 34.1 Å². The number of carbonyl (C=O) groups is 1. The molecular weight excluding hydrogens is 408 g/mol. The van der Waals surface area contributed by atoms with Gasteiger partial charge >= 0.3 is 0 Å². The molecule has 0 saturated carbocycles. The topological polar surface area (TPSA) is 69.0 Å². The van der Waals surface area contributed by atoms with Crippen LogP contribution in [0.5, 0.6) is 5.75 Å². The van der Waals surface area contributed by atoms with E-state index in [-0.39, 0.29) is 17.7 Å². The molecule has 0 aliphatic carbocycles. The number of amides is 1. The first-order valence-corrected chi connectivity index (χ1v) is 11.0. The summed E-state index contributed by atoms with van der Waals surface area (Å²) in [6, 6.07) is 21.8. The number of rotatable bonds is 7. The zero-order valence-corrected chi connectivity index (χ0v) is 18.5. The summed E-state index contributed by atoms with van der Waals surface area (Å²) in [5.41, 5.74) is 1.77. The van der Waals surface area contributed by atoms with Crippen molar-refractivity contribution in [1.29, 1.82) is 0 Å². The first-order valence-electron chi connectivity index (χ1n) is 10.1. The second kappa shape index (κ2) is 9.22. The number of nitrogens with zero attached hydrogens (tertiary/aromatic N) is 3. The number of hydrogen-bond donors (Lipinski definition) is 1. The first kappa shape index (κ1) is 20.9. The van der Waals surface area contributed by atoms with Crippen molar-refractivity contribution in [2.75, 3.05) is 18.2 Å². The van der Waals surface area contributed by atoms with Gasteiger partial charge in [-0.15, -0.1) is 10.2 Å². The number of fused-ring (bicyclic) bond motifs is 1. The Morgan fingerprint density at radius 1 is 1.03 bits per heavy atom. The number of hydrogen-bond acceptors (Lipinski definition) is 5. The van der Waals surface area contributed by atoms with E-state index < -0.39 is 0 Å². The predicted molar refractivity (Wildman–Crippen MR) is 126 cm³/mol. The summed E-state index contributed by atoms with van der Waals surface area (Å²) in [6.07, 6.45) is 0. The highest BCUT2D eigenvalue weighted by atomic mass is 32.2. The molecule has 4 rings (SSSR count). The van der Waals surface area contributed by atoms with Gasteiger partial charge in [-0.05, 0) is 49.6 Å². The highest BCUT2D eigenvalue weighted by Crippen LogP contribution is 2.29. The van der Waals surface area contributed by atoms with Crippen LogP contribution in [0.3, 0.4) is 0 Å². The molecule has 0 unspecified atom stereocenters. The van der Waals surface area contributed by atoms with Crippen LogP contribution in [0.15, 0.2) is 71.9 Å². The van der Waals surface area contributed by atoms with Crippen LogP contribution in [0.4, 0.5) is 5.69 Å². The Morgan fingerprint density at radius 2 is 1.77 bits per heavy atom. The molecule has 0 radical (unpaired) electrons. The predicted octanol–water partition coefficient (Wildman–Crippen LogP) is 5.42. The highest BCUT2D eigenvalue weighted by molar-refractivity contribution is 7.99. The van der Waals surface area contributed by atoms with E-state index in [0.717, 1.165) is 33.6 Å². The third-order valence-corrected chi connectivity index (χ3v) is 5.87. The number of benzene rings is 3. The fraction of sp³-hybridized carbons (Fsp3) is 0.208. The maximum Gasteiger partial charge on any atom is 0.234 e. The summed E-state index contributed by atoms with van der Waals surface area (Å²) in [5.74, 6) is 1.73. The lowest BCUT2D eigenvalue weighted by molar-refractivity contribution is -0.113. The Bertz CT molecular complexity index is 1200. The second-order valence-corrected chi connectivity index (χ2v) is 8.30. The molecular formula is C24H24N4O2S. The number of methoxy groups -OCH3 is 1. The molecule has 1 aromatic heterocycles. The first-order chi connectivity index (χ1) is 15.1. The summed E-state index contributed by atoms with van der Waals surface area (Å²) >= 11 is 1.38. The van der Waals surface area contributed by atoms with Gasteiger partial charge in [-0.3, -0.25) is 9.36 Å². The van der Waals surface area contributed by atoms with Crippen molar-refractivity contribution in [3.05, 3.63) is 66.7 Å². The van der Waals surface area contributed by atoms with Crippen LogP contribution in [-0.4, -0.2) is 33.5 Å². The molecule has 0 bridgehead atoms. The normalized spacial score (nSPS) is 11.1. The van der Waals surface area contributed by atoms with E-state index in [1.165, 1.54) is 11.8 Å². The zero-order chi connectivity index (χ0) is 21.8. The summed E-state index contributed by atoms with van der Waals surface area (Å²) < 4.78 is 7.29. The van der Waals surface area contributed by atoms with Gasteiger partial charge in [0.05, 0.1) is 12.9 Å². The van der Waals surface area contributed by atoms with Gasteiger partial charge in [0, 0.05) is 22.7 Å². The number of thioether (sulfide) groups is 1. The molecule has 4 aromatic rings. The van der Waals surface area contributed by atoms with Gasteiger partial charge in [0.1, 0.15) is 5.75 Å². The molecule has 3 aromatic carbocycles. The third kappa shape index (κ3) is 4.56. The average Bonchev–Trinajstić information content (AvgIpc) is 3.22. The molecule has 1 heterocycles. The Labute approximate surface area is 185 Å². The number of nitrogens with one attached hydrogen (secondary N) is 1. The molecule has 0 saturated heterocycles. The molecule has 0 fully saturated rings. The van der Waals surface area contributed by atoms with Crippen molar-refractivity contribution in [3.63, 3.8) is 0 Å². The van der Waals surface area contributed by atoms with Crippen molar-refractivity contribution in [1.82, 2.24) is 14.8 Å². The average molecular weight is 433 g/mol. The van der Waals surface area contributed by atoms with E-state index >= 15 is 0 Å². The Hall–Kier alpha value is -3.32. The zero-order valence-electron chi connectivity index (χ0n) is 17.7. The Kier molecular flexibility index (Phi) is 6.23. The van der Waals surface area contributed by atoms with E-state index in [1.54, 1.807) is 7.11 Å². The maximum atomic E-state index is 12.7. The SMILES string of the molecule is COc1ccc(-c2nnc(SCC(=O)Nc3cccc4ccccc34)n2C(C)C)cc1. The Morgan fingerprint density at radius 3 is 2.52 bits per heavy atom. The van der Waals surface area contributed by atoms with Gasteiger partial charge in [-0.2, -0.15) is 0 Å². The molecule has 1 N–H and O–H groups in total. The summed E-state index contributed by atoms with van der Waals surface area (Å²) in [7, 11) is 1.64. The maximum absolute atomic E-state index is 12.7. The van der Waals surface area contributed by atoms with Gasteiger partial charge in [0.15, 0.2) is 11.0 Å². The summed E-state index contributed by atoms with van der Waals surface area (Å²) in [5, 5.41) is 14.6. The smallest absolute Gasteiger partial charge is 0.234 e. The van der Waals surface area contributed by atoms with Gasteiger partial charge in [0.25, 0.3) is 0 Å². The van der Waals surface area contributed by atoms with Crippen LogP contribution < -0.4 is 10.1 Å². The number of anilines is 1. The van der Waals surface area contributed by atoms with Crippen LogP contribution >= 0.6 is 11.8 Å². The van der Waals surface area contributed by atoms with E-state index in [9.17, 15) is 4.79 Å². The van der Waals surface area contributed by atoms with Crippen LogP contribution in [0.25, 0.3) is 22.2 Å². The fourth-order valence-corrected chi connectivity index (χ4v) is 4.30. The lowest BCUT2D eigenvalue weighted by atomic mass is 10.1. The number of aromatic nitrogens is 3. The molecule has 0 aliphatic heterocycles. The van der Waals surface area contributed by atoms with E-state index in [0.29, 0.717) is 5.16 Å². The highest BCUT2D eigenvalue weighted by Gasteiger charge is 2.18. The van der Waals surface area contributed by atoms with Crippen LogP contribution in [0.2, 0.25) is 0 Å². The molecule has 0 atom stereocenters. The second-order valence-electron chi connectivity index (χ2n) is 7.36. The molecule has 1 amide bonds. The number of carbonyl (C=O) groups excluding carboxylic acids is 1. The third-order valence-electron chi connectivity index (χ3n) is 4.93. The van der Waals surface area contributed by atoms with Crippen molar-refractivity contribution in [2.24, 2.45) is 0 Å². The minimum atomic E-state index is -0.0781. The molecule has 158 valence electrons. The molecule has 0 spiro atoms. The largest absolute Gasteiger partial charge is 0.497 e. The molecule has 7 heteroatoms. The molecule has 0 aliphatic rings. The summed E-state index contributed by atoms with van der Waals surface area (Å²) in [4.78, 5) is 12.7. The molecule has 6 nitrogen and oxygen atoms in total. The summed E-state index contributed by atoms with van der Waals surface area (Å²) in [6.45, 7) is 4.16. The van der Waals surface area contributed by atoms with Crippen molar-refractivity contribution in [3.8, 4) is 17.1 Å².